The molecule has 2 fully saturated rings. The van der Waals surface area contributed by atoms with Crippen molar-refractivity contribution in [1.82, 2.24) is 10.2 Å². The topological polar surface area (TPSA) is 46.1 Å². The number of morpholine rings is 1. The maximum Gasteiger partial charge on any atom is 0.193 e. The molecule has 0 radical (unpaired) electrons. The van der Waals surface area contributed by atoms with Crippen LogP contribution in [-0.2, 0) is 9.47 Å². The lowest BCUT2D eigenvalue weighted by molar-refractivity contribution is -0.0276. The Morgan fingerprint density at radius 1 is 1.10 bits per heavy atom. The van der Waals surface area contributed by atoms with Crippen molar-refractivity contribution in [1.29, 1.82) is 0 Å². The van der Waals surface area contributed by atoms with E-state index in [9.17, 15) is 0 Å². The second-order valence-corrected chi connectivity index (χ2v) is 8.70. The van der Waals surface area contributed by atoms with Gasteiger partial charge in [-0.2, -0.15) is 0 Å². The fraction of sp³-hybridized carbons (Fsp3) is 0.500. The molecule has 3 unspecified atom stereocenters. The van der Waals surface area contributed by atoms with Crippen LogP contribution >= 0.6 is 0 Å². The second kappa shape index (κ2) is 10.3. The maximum absolute atomic E-state index is 6.17. The van der Waals surface area contributed by atoms with Crippen molar-refractivity contribution < 1.29 is 9.47 Å². The zero-order valence-corrected chi connectivity index (χ0v) is 19.0. The van der Waals surface area contributed by atoms with Crippen LogP contribution in [0.2, 0.25) is 0 Å². The lowest BCUT2D eigenvalue weighted by Crippen LogP contribution is -2.49. The first-order chi connectivity index (χ1) is 15.2. The van der Waals surface area contributed by atoms with Crippen LogP contribution in [0.3, 0.4) is 0 Å². The van der Waals surface area contributed by atoms with E-state index >= 15 is 0 Å². The smallest absolute Gasteiger partial charge is 0.193 e. The number of nitrogens with one attached hydrogen (secondary N) is 1. The van der Waals surface area contributed by atoms with Gasteiger partial charge in [0.1, 0.15) is 6.10 Å². The number of guanidine groups is 1. The molecule has 4 rings (SSSR count). The van der Waals surface area contributed by atoms with Gasteiger partial charge in [0.05, 0.1) is 19.3 Å². The number of nitrogens with zero attached hydrogens (tertiary/aromatic N) is 2. The summed E-state index contributed by atoms with van der Waals surface area (Å²) < 4.78 is 12.3. The summed E-state index contributed by atoms with van der Waals surface area (Å²) in [5, 5.41) is 3.64. The van der Waals surface area contributed by atoms with Crippen LogP contribution in [0.4, 0.5) is 0 Å². The second-order valence-electron chi connectivity index (χ2n) is 8.70. The fourth-order valence-corrected chi connectivity index (χ4v) is 4.83. The van der Waals surface area contributed by atoms with E-state index < -0.39 is 0 Å². The minimum atomic E-state index is 0.0722. The van der Waals surface area contributed by atoms with Gasteiger partial charge >= 0.3 is 0 Å². The van der Waals surface area contributed by atoms with Gasteiger partial charge in [-0.15, -0.1) is 0 Å². The molecule has 5 nitrogen and oxygen atoms in total. The van der Waals surface area contributed by atoms with Crippen LogP contribution in [0.5, 0.6) is 0 Å². The summed E-state index contributed by atoms with van der Waals surface area (Å²) in [6.45, 7) is 8.37. The van der Waals surface area contributed by atoms with Crippen LogP contribution in [0.1, 0.15) is 47.3 Å². The molecule has 0 aliphatic carbocycles. The van der Waals surface area contributed by atoms with E-state index in [0.717, 1.165) is 45.0 Å². The monoisotopic (exact) mass is 421 g/mol. The molecule has 2 aliphatic heterocycles. The first-order valence-corrected chi connectivity index (χ1v) is 11.5. The first kappa shape index (κ1) is 21.8. The van der Waals surface area contributed by atoms with Gasteiger partial charge in [0, 0.05) is 32.7 Å². The molecule has 2 aromatic carbocycles. The number of hydrogen-bond donors (Lipinski definition) is 1. The lowest BCUT2D eigenvalue weighted by Gasteiger charge is -2.37. The molecule has 2 saturated heterocycles. The van der Waals surface area contributed by atoms with Crippen LogP contribution in [0, 0.1) is 19.8 Å². The van der Waals surface area contributed by atoms with Crippen molar-refractivity contribution in [3.8, 4) is 0 Å². The summed E-state index contributed by atoms with van der Waals surface area (Å²) in [4.78, 5) is 6.92. The third-order valence-electron chi connectivity index (χ3n) is 6.45. The Balaban J connectivity index is 1.40. The molecule has 0 spiro atoms. The molecule has 1 N–H and O–H groups in total. The molecule has 2 aromatic rings. The van der Waals surface area contributed by atoms with Crippen LogP contribution in [-0.4, -0.2) is 50.8 Å². The van der Waals surface area contributed by atoms with Crippen molar-refractivity contribution in [3.63, 3.8) is 0 Å². The van der Waals surface area contributed by atoms with E-state index in [2.05, 4.69) is 77.6 Å². The largest absolute Gasteiger partial charge is 0.373 e. The third kappa shape index (κ3) is 5.28. The Morgan fingerprint density at radius 3 is 2.71 bits per heavy atom. The average molecular weight is 422 g/mol. The minimum Gasteiger partial charge on any atom is -0.373 e. The van der Waals surface area contributed by atoms with Gasteiger partial charge in [0.2, 0.25) is 0 Å². The first-order valence-electron chi connectivity index (χ1n) is 11.5. The van der Waals surface area contributed by atoms with E-state index in [-0.39, 0.29) is 12.2 Å². The number of hydrogen-bond acceptors (Lipinski definition) is 3. The van der Waals surface area contributed by atoms with Crippen LogP contribution < -0.4 is 5.32 Å². The van der Waals surface area contributed by atoms with Gasteiger partial charge in [-0.05, 0) is 43.4 Å². The summed E-state index contributed by atoms with van der Waals surface area (Å²) in [7, 11) is 1.87. The van der Waals surface area contributed by atoms with E-state index in [0.29, 0.717) is 12.5 Å². The average Bonchev–Trinajstić information content (AvgIpc) is 2.80. The van der Waals surface area contributed by atoms with E-state index in [4.69, 9.17) is 9.47 Å². The SMILES string of the molecule is CN=C(NCC1CCCOC1c1ccccc1)N1CCOC(c2ccc(C)cc2C)C1. The van der Waals surface area contributed by atoms with Crippen molar-refractivity contribution in [2.24, 2.45) is 10.9 Å². The number of ether oxygens (including phenoxy) is 2. The Kier molecular flexibility index (Phi) is 7.25. The molecular weight excluding hydrogens is 386 g/mol. The molecule has 166 valence electrons. The van der Waals surface area contributed by atoms with Gasteiger partial charge in [-0.25, -0.2) is 0 Å². The summed E-state index contributed by atoms with van der Waals surface area (Å²) in [6.07, 6.45) is 2.49. The van der Waals surface area contributed by atoms with Crippen LogP contribution in [0.15, 0.2) is 53.5 Å². The highest BCUT2D eigenvalue weighted by atomic mass is 16.5. The van der Waals surface area contributed by atoms with E-state index in [1.54, 1.807) is 0 Å². The molecule has 31 heavy (non-hydrogen) atoms. The van der Waals surface area contributed by atoms with Gasteiger partial charge in [-0.3, -0.25) is 4.99 Å². The van der Waals surface area contributed by atoms with Gasteiger partial charge < -0.3 is 19.7 Å². The number of benzene rings is 2. The molecule has 3 atom stereocenters. The summed E-state index contributed by atoms with van der Waals surface area (Å²) in [6, 6.07) is 17.2. The van der Waals surface area contributed by atoms with Crippen molar-refractivity contribution in [2.75, 3.05) is 39.9 Å². The lowest BCUT2D eigenvalue weighted by atomic mass is 9.89. The third-order valence-corrected chi connectivity index (χ3v) is 6.45. The normalized spacial score (nSPS) is 24.8. The fourth-order valence-electron chi connectivity index (χ4n) is 4.83. The highest BCUT2D eigenvalue weighted by molar-refractivity contribution is 5.80. The number of aliphatic imine (C=N–C) groups is 1. The standard InChI is InChI=1S/C26H35N3O2/c1-19-11-12-23(20(2)16-19)24-18-29(13-15-30-24)26(27-3)28-17-22-10-7-14-31-25(22)21-8-5-4-6-9-21/h4-6,8-9,11-12,16,22,24-25H,7,10,13-15,17-18H2,1-3H3,(H,27,28). The molecule has 0 amide bonds. The molecule has 2 heterocycles. The van der Waals surface area contributed by atoms with Gasteiger partial charge in [0.25, 0.3) is 0 Å². The quantitative estimate of drug-likeness (QED) is 0.586. The zero-order chi connectivity index (χ0) is 21.6. The summed E-state index contributed by atoms with van der Waals surface area (Å²) in [5.74, 6) is 1.39. The molecule has 0 bridgehead atoms. The maximum atomic E-state index is 6.17. The Hall–Kier alpha value is -2.37. The van der Waals surface area contributed by atoms with Crippen molar-refractivity contribution in [2.45, 2.75) is 38.9 Å². The Bertz CT molecular complexity index is 883. The highest BCUT2D eigenvalue weighted by Crippen LogP contribution is 2.33. The number of rotatable bonds is 4. The predicted molar refractivity (Wildman–Crippen MR) is 125 cm³/mol. The Morgan fingerprint density at radius 2 is 1.94 bits per heavy atom. The predicted octanol–water partition coefficient (Wildman–Crippen LogP) is 4.42. The Labute approximate surface area is 186 Å². The number of aryl methyl sites for hydroxylation is 2. The van der Waals surface area contributed by atoms with Gasteiger partial charge in [0.15, 0.2) is 5.96 Å². The van der Waals surface area contributed by atoms with Gasteiger partial charge in [-0.1, -0.05) is 54.1 Å². The summed E-state index contributed by atoms with van der Waals surface area (Å²) >= 11 is 0. The molecule has 0 saturated carbocycles. The summed E-state index contributed by atoms with van der Waals surface area (Å²) in [5.41, 5.74) is 5.12. The van der Waals surface area contributed by atoms with Crippen LogP contribution in [0.25, 0.3) is 0 Å². The van der Waals surface area contributed by atoms with Crippen molar-refractivity contribution >= 4 is 5.96 Å². The highest BCUT2D eigenvalue weighted by Gasteiger charge is 2.29. The zero-order valence-electron chi connectivity index (χ0n) is 19.0. The van der Waals surface area contributed by atoms with E-state index in [1.165, 1.54) is 22.3 Å². The molecule has 2 aliphatic rings. The molecule has 0 aromatic heterocycles. The van der Waals surface area contributed by atoms with Crippen molar-refractivity contribution in [3.05, 3.63) is 70.8 Å². The molecule has 5 heteroatoms. The molecular formula is C26H35N3O2. The minimum absolute atomic E-state index is 0.0722. The van der Waals surface area contributed by atoms with E-state index in [1.807, 2.05) is 7.05 Å².